The van der Waals surface area contributed by atoms with E-state index in [1.54, 1.807) is 25.3 Å². The van der Waals surface area contributed by atoms with Crippen molar-refractivity contribution in [3.8, 4) is 0 Å². The monoisotopic (exact) mass is 251 g/mol. The Labute approximate surface area is 103 Å². The highest BCUT2D eigenvalue weighted by Gasteiger charge is 2.24. The van der Waals surface area contributed by atoms with Gasteiger partial charge in [0.05, 0.1) is 15.8 Å². The molecule has 0 radical (unpaired) electrons. The molecule has 0 aliphatic carbocycles. The molecule has 0 saturated heterocycles. The van der Waals surface area contributed by atoms with Crippen molar-refractivity contribution in [1.82, 2.24) is 4.98 Å². The first-order valence-electron chi connectivity index (χ1n) is 5.13. The van der Waals surface area contributed by atoms with E-state index in [0.717, 1.165) is 15.2 Å². The molecule has 1 N–H and O–H groups in total. The van der Waals surface area contributed by atoms with Gasteiger partial charge in [-0.1, -0.05) is 0 Å². The van der Waals surface area contributed by atoms with E-state index in [1.807, 2.05) is 13.8 Å². The molecule has 1 aromatic heterocycles. The highest BCUT2D eigenvalue weighted by atomic mass is 32.1. The first-order chi connectivity index (χ1) is 7.94. The van der Waals surface area contributed by atoms with Crippen molar-refractivity contribution in [2.24, 2.45) is 0 Å². The molecule has 0 aliphatic rings. The van der Waals surface area contributed by atoms with Crippen LogP contribution in [0.25, 0.3) is 10.2 Å². The largest absolute Gasteiger partial charge is 0.478 e. The summed E-state index contributed by atoms with van der Waals surface area (Å²) < 4.78 is 6.23. The number of carboxylic acid groups (broad SMARTS) is 1. The minimum absolute atomic E-state index is 0.280. The molecule has 0 fully saturated rings. The van der Waals surface area contributed by atoms with Gasteiger partial charge in [0.15, 0.2) is 0 Å². The van der Waals surface area contributed by atoms with Crippen LogP contribution in [-0.4, -0.2) is 23.2 Å². The average Bonchev–Trinajstić information content (AvgIpc) is 2.72. The van der Waals surface area contributed by atoms with Crippen LogP contribution in [0.2, 0.25) is 0 Å². The van der Waals surface area contributed by atoms with Gasteiger partial charge in [0, 0.05) is 7.11 Å². The number of methoxy groups -OCH3 is 1. The fourth-order valence-corrected chi connectivity index (χ4v) is 2.49. The SMILES string of the molecule is COC(C)(C)c1nc2ccc(C(=O)O)cc2s1. The van der Waals surface area contributed by atoms with Crippen molar-refractivity contribution >= 4 is 27.5 Å². The fraction of sp³-hybridized carbons (Fsp3) is 0.333. The fourth-order valence-electron chi connectivity index (χ4n) is 1.40. The Kier molecular flexibility index (Phi) is 2.89. The first kappa shape index (κ1) is 12.0. The number of hydrogen-bond acceptors (Lipinski definition) is 4. The summed E-state index contributed by atoms with van der Waals surface area (Å²) in [4.78, 5) is 15.3. The van der Waals surface area contributed by atoms with Crippen molar-refractivity contribution < 1.29 is 14.6 Å². The standard InChI is InChI=1S/C12H13NO3S/c1-12(2,16-3)11-13-8-5-4-7(10(14)15)6-9(8)17-11/h4-6H,1-3H3,(H,14,15). The molecular weight excluding hydrogens is 238 g/mol. The molecular formula is C12H13NO3S. The maximum atomic E-state index is 10.9. The Morgan fingerprint density at radius 1 is 1.47 bits per heavy atom. The van der Waals surface area contributed by atoms with Crippen LogP contribution >= 0.6 is 11.3 Å². The van der Waals surface area contributed by atoms with Gasteiger partial charge in [-0.2, -0.15) is 0 Å². The lowest BCUT2D eigenvalue weighted by atomic mass is 10.1. The van der Waals surface area contributed by atoms with Gasteiger partial charge in [-0.15, -0.1) is 11.3 Å². The summed E-state index contributed by atoms with van der Waals surface area (Å²) >= 11 is 1.46. The van der Waals surface area contributed by atoms with Crippen LogP contribution < -0.4 is 0 Å². The summed E-state index contributed by atoms with van der Waals surface area (Å²) in [6.45, 7) is 3.87. The van der Waals surface area contributed by atoms with E-state index in [9.17, 15) is 4.79 Å². The molecule has 0 atom stereocenters. The number of aromatic nitrogens is 1. The zero-order valence-corrected chi connectivity index (χ0v) is 10.7. The van der Waals surface area contributed by atoms with E-state index < -0.39 is 11.6 Å². The number of thiazole rings is 1. The summed E-state index contributed by atoms with van der Waals surface area (Å²) in [6.07, 6.45) is 0. The molecule has 5 heteroatoms. The summed E-state index contributed by atoms with van der Waals surface area (Å²) in [6, 6.07) is 4.93. The van der Waals surface area contributed by atoms with Gasteiger partial charge in [-0.3, -0.25) is 0 Å². The number of benzene rings is 1. The highest BCUT2D eigenvalue weighted by molar-refractivity contribution is 7.18. The van der Waals surface area contributed by atoms with Gasteiger partial charge in [0.25, 0.3) is 0 Å². The molecule has 0 saturated carbocycles. The van der Waals surface area contributed by atoms with Crippen LogP contribution in [0.1, 0.15) is 29.2 Å². The number of carboxylic acids is 1. The summed E-state index contributed by atoms with van der Waals surface area (Å²) in [5.41, 5.74) is 0.635. The second kappa shape index (κ2) is 4.09. The Hall–Kier alpha value is -1.46. The number of nitrogens with zero attached hydrogens (tertiary/aromatic N) is 1. The van der Waals surface area contributed by atoms with Crippen LogP contribution in [-0.2, 0) is 10.3 Å². The van der Waals surface area contributed by atoms with E-state index >= 15 is 0 Å². The molecule has 0 unspecified atom stereocenters. The van der Waals surface area contributed by atoms with Crippen LogP contribution in [0.5, 0.6) is 0 Å². The number of rotatable bonds is 3. The predicted octanol–water partition coefficient (Wildman–Crippen LogP) is 2.88. The molecule has 2 rings (SSSR count). The maximum Gasteiger partial charge on any atom is 0.335 e. The number of aromatic carboxylic acids is 1. The molecule has 2 aromatic rings. The quantitative estimate of drug-likeness (QED) is 0.911. The Bertz CT molecular complexity index is 574. The van der Waals surface area contributed by atoms with E-state index in [1.165, 1.54) is 11.3 Å². The number of fused-ring (bicyclic) bond motifs is 1. The van der Waals surface area contributed by atoms with Crippen molar-refractivity contribution in [3.05, 3.63) is 28.8 Å². The Morgan fingerprint density at radius 3 is 2.76 bits per heavy atom. The topological polar surface area (TPSA) is 59.4 Å². The number of hydrogen-bond donors (Lipinski definition) is 1. The van der Waals surface area contributed by atoms with Gasteiger partial charge in [0.2, 0.25) is 0 Å². The lowest BCUT2D eigenvalue weighted by Crippen LogP contribution is -2.18. The van der Waals surface area contributed by atoms with Crippen LogP contribution in [0, 0.1) is 0 Å². The number of carbonyl (C=O) groups is 1. The van der Waals surface area contributed by atoms with Crippen LogP contribution in [0.4, 0.5) is 0 Å². The summed E-state index contributed by atoms with van der Waals surface area (Å²) in [7, 11) is 1.63. The smallest absolute Gasteiger partial charge is 0.335 e. The second-order valence-corrected chi connectivity index (χ2v) is 5.25. The van der Waals surface area contributed by atoms with Gasteiger partial charge in [-0.05, 0) is 32.0 Å². The van der Waals surface area contributed by atoms with Gasteiger partial charge in [-0.25, -0.2) is 9.78 Å². The maximum absolute atomic E-state index is 10.9. The number of ether oxygens (including phenoxy) is 1. The summed E-state index contributed by atoms with van der Waals surface area (Å²) in [5.74, 6) is -0.923. The molecule has 0 bridgehead atoms. The van der Waals surface area contributed by atoms with Crippen molar-refractivity contribution in [2.45, 2.75) is 19.4 Å². The third-order valence-electron chi connectivity index (χ3n) is 2.66. The Balaban J connectivity index is 2.54. The van der Waals surface area contributed by atoms with Gasteiger partial charge in [0.1, 0.15) is 10.6 Å². The van der Waals surface area contributed by atoms with Crippen molar-refractivity contribution in [3.63, 3.8) is 0 Å². The van der Waals surface area contributed by atoms with Crippen LogP contribution in [0.3, 0.4) is 0 Å². The minimum Gasteiger partial charge on any atom is -0.478 e. The van der Waals surface area contributed by atoms with E-state index in [2.05, 4.69) is 4.98 Å². The van der Waals surface area contributed by atoms with E-state index in [-0.39, 0.29) is 5.56 Å². The van der Waals surface area contributed by atoms with Crippen molar-refractivity contribution in [2.75, 3.05) is 7.11 Å². The molecule has 0 spiro atoms. The lowest BCUT2D eigenvalue weighted by molar-refractivity contribution is 0.0192. The van der Waals surface area contributed by atoms with E-state index in [0.29, 0.717) is 0 Å². The molecule has 0 aliphatic heterocycles. The summed E-state index contributed by atoms with van der Waals surface area (Å²) in [5, 5.41) is 9.76. The van der Waals surface area contributed by atoms with Gasteiger partial charge >= 0.3 is 5.97 Å². The second-order valence-electron chi connectivity index (χ2n) is 4.22. The minimum atomic E-state index is -0.923. The van der Waals surface area contributed by atoms with Crippen LogP contribution in [0.15, 0.2) is 18.2 Å². The predicted molar refractivity (Wildman–Crippen MR) is 66.6 cm³/mol. The lowest BCUT2D eigenvalue weighted by Gasteiger charge is -2.19. The highest BCUT2D eigenvalue weighted by Crippen LogP contribution is 2.32. The van der Waals surface area contributed by atoms with Crippen molar-refractivity contribution in [1.29, 1.82) is 0 Å². The zero-order valence-electron chi connectivity index (χ0n) is 9.85. The van der Waals surface area contributed by atoms with Gasteiger partial charge < -0.3 is 9.84 Å². The normalized spacial score (nSPS) is 11.9. The molecule has 1 heterocycles. The third kappa shape index (κ3) is 2.16. The molecule has 1 aromatic carbocycles. The average molecular weight is 251 g/mol. The molecule has 90 valence electrons. The van der Waals surface area contributed by atoms with E-state index in [4.69, 9.17) is 9.84 Å². The molecule has 0 amide bonds. The Morgan fingerprint density at radius 2 is 2.18 bits per heavy atom. The third-order valence-corrected chi connectivity index (χ3v) is 3.98. The zero-order chi connectivity index (χ0) is 12.6. The molecule has 17 heavy (non-hydrogen) atoms. The first-order valence-corrected chi connectivity index (χ1v) is 5.95. The molecule has 4 nitrogen and oxygen atoms in total.